The van der Waals surface area contributed by atoms with Gasteiger partial charge in [-0.15, -0.1) is 0 Å². The molecule has 4 rings (SSSR count). The lowest BCUT2D eigenvalue weighted by Gasteiger charge is -2.30. The molecule has 40 heavy (non-hydrogen) atoms. The Kier molecular flexibility index (Phi) is 8.23. The minimum absolute atomic E-state index is 0.130. The third kappa shape index (κ3) is 5.69. The molecule has 0 amide bonds. The van der Waals surface area contributed by atoms with Crippen molar-refractivity contribution in [3.63, 3.8) is 0 Å². The van der Waals surface area contributed by atoms with E-state index in [0.717, 1.165) is 0 Å². The van der Waals surface area contributed by atoms with Crippen molar-refractivity contribution in [1.82, 2.24) is 14.7 Å². The van der Waals surface area contributed by atoms with Crippen molar-refractivity contribution in [2.24, 2.45) is 0 Å². The van der Waals surface area contributed by atoms with Gasteiger partial charge in [-0.2, -0.15) is 15.4 Å². The number of aliphatic hydroxyl groups excluding tert-OH is 2. The van der Waals surface area contributed by atoms with Crippen LogP contribution < -0.4 is 15.3 Å². The molecule has 5 atom stereocenters. The van der Waals surface area contributed by atoms with Gasteiger partial charge in [0.05, 0.1) is 29.6 Å². The van der Waals surface area contributed by atoms with Gasteiger partial charge in [0.15, 0.2) is 0 Å². The maximum Gasteiger partial charge on any atom is 0.459 e. The number of nitrogens with one attached hydrogen (secondary N) is 1. The van der Waals surface area contributed by atoms with Crippen molar-refractivity contribution in [2.75, 3.05) is 12.3 Å². The molecule has 2 aromatic heterocycles. The number of nitrogens with two attached hydrogens (primary N) is 1. The first-order chi connectivity index (χ1) is 18.8. The molecule has 0 radical (unpaired) electrons. The van der Waals surface area contributed by atoms with Crippen LogP contribution in [0.3, 0.4) is 0 Å². The van der Waals surface area contributed by atoms with Crippen molar-refractivity contribution in [1.29, 1.82) is 5.26 Å². The Morgan fingerprint density at radius 1 is 1.27 bits per heavy atom. The molecule has 1 fully saturated rings. The Morgan fingerprint density at radius 3 is 2.62 bits per heavy atom. The number of hydrogen-bond acceptors (Lipinski definition) is 11. The van der Waals surface area contributed by atoms with Crippen LogP contribution in [0.2, 0.25) is 0 Å². The van der Waals surface area contributed by atoms with Crippen LogP contribution in [0.25, 0.3) is 5.52 Å². The zero-order valence-electron chi connectivity index (χ0n) is 22.4. The first-order valence-electron chi connectivity index (χ1n) is 12.5. The van der Waals surface area contributed by atoms with E-state index in [2.05, 4.69) is 10.2 Å². The predicted octanol–water partition coefficient (Wildman–Crippen LogP) is 2.28. The third-order valence-electron chi connectivity index (χ3n) is 6.24. The molecule has 1 aliphatic rings. The summed E-state index contributed by atoms with van der Waals surface area (Å²) in [5.74, 6) is -0.528. The molecule has 214 valence electrons. The van der Waals surface area contributed by atoms with E-state index in [9.17, 15) is 24.8 Å². The van der Waals surface area contributed by atoms with Gasteiger partial charge >= 0.3 is 13.7 Å². The van der Waals surface area contributed by atoms with Crippen LogP contribution in [0.5, 0.6) is 5.75 Å². The normalized spacial score (nSPS) is 24.5. The number of para-hydroxylation sites is 1. The van der Waals surface area contributed by atoms with E-state index in [-0.39, 0.29) is 11.4 Å². The Balaban J connectivity index is 1.60. The van der Waals surface area contributed by atoms with Crippen molar-refractivity contribution in [2.45, 2.75) is 63.3 Å². The Hall–Kier alpha value is -3.50. The van der Waals surface area contributed by atoms with E-state index < -0.39 is 55.9 Å². The topological polar surface area (TPSA) is 191 Å². The van der Waals surface area contributed by atoms with E-state index in [0.29, 0.717) is 11.2 Å². The lowest BCUT2D eigenvalue weighted by atomic mass is 9.92. The minimum atomic E-state index is -4.36. The van der Waals surface area contributed by atoms with Crippen LogP contribution in [0, 0.1) is 11.3 Å². The molecule has 0 aliphatic carbocycles. The van der Waals surface area contributed by atoms with Gasteiger partial charge in [-0.3, -0.25) is 9.32 Å². The Morgan fingerprint density at radius 2 is 1.98 bits per heavy atom. The van der Waals surface area contributed by atoms with E-state index in [4.69, 9.17) is 24.3 Å². The molecule has 13 nitrogen and oxygen atoms in total. The number of carbonyl (C=O) groups excluding carboxylic acids is 1. The van der Waals surface area contributed by atoms with E-state index in [1.54, 1.807) is 56.3 Å². The van der Waals surface area contributed by atoms with Crippen molar-refractivity contribution in [3.05, 3.63) is 60.4 Å². The van der Waals surface area contributed by atoms with Gasteiger partial charge in [0.2, 0.25) is 5.60 Å². The van der Waals surface area contributed by atoms with Crippen LogP contribution in [-0.2, 0) is 29.0 Å². The highest BCUT2D eigenvalue weighted by molar-refractivity contribution is 7.52. The molecule has 1 unspecified atom stereocenters. The summed E-state index contributed by atoms with van der Waals surface area (Å²) in [5.41, 5.74) is 3.40. The summed E-state index contributed by atoms with van der Waals surface area (Å²) in [6, 6.07) is 14.8. The molecular formula is C26H32N5O8P. The second-order valence-corrected chi connectivity index (χ2v) is 11.8. The molecule has 3 heterocycles. The van der Waals surface area contributed by atoms with Crippen molar-refractivity contribution in [3.8, 4) is 11.8 Å². The van der Waals surface area contributed by atoms with Gasteiger partial charge in [0, 0.05) is 6.20 Å². The molecule has 0 bridgehead atoms. The number of hydrogen-bond donors (Lipinski definition) is 4. The highest BCUT2D eigenvalue weighted by atomic mass is 31.2. The van der Waals surface area contributed by atoms with Gasteiger partial charge < -0.3 is 29.9 Å². The number of benzene rings is 1. The molecule has 1 aromatic carbocycles. The molecular weight excluding hydrogens is 541 g/mol. The number of nitrogens with zero attached hydrogens (tertiary/aromatic N) is 3. The number of aliphatic hydroxyl groups is 2. The molecule has 1 saturated heterocycles. The molecule has 1 aliphatic heterocycles. The van der Waals surface area contributed by atoms with Crippen LogP contribution in [-0.4, -0.2) is 62.4 Å². The number of anilines is 1. The number of nitriles is 1. The maximum atomic E-state index is 13.9. The average molecular weight is 574 g/mol. The Labute approximate surface area is 231 Å². The molecule has 5 N–H and O–H groups in total. The summed E-state index contributed by atoms with van der Waals surface area (Å²) in [4.78, 5) is 12.7. The number of fused-ring (bicyclic) bond motifs is 1. The van der Waals surface area contributed by atoms with E-state index in [1.165, 1.54) is 30.6 Å². The lowest BCUT2D eigenvalue weighted by molar-refractivity contribution is -0.153. The fourth-order valence-electron chi connectivity index (χ4n) is 4.26. The van der Waals surface area contributed by atoms with Crippen molar-refractivity contribution >= 4 is 24.9 Å². The van der Waals surface area contributed by atoms with Crippen LogP contribution >= 0.6 is 7.75 Å². The third-order valence-corrected chi connectivity index (χ3v) is 8.01. The van der Waals surface area contributed by atoms with E-state index >= 15 is 0 Å². The summed E-state index contributed by atoms with van der Waals surface area (Å²) in [7, 11) is -4.36. The molecule has 14 heteroatoms. The van der Waals surface area contributed by atoms with Gasteiger partial charge in [-0.05, 0) is 58.0 Å². The standard InChI is InChI=1S/C26H32N5O8P/c1-16(2)37-24(34)25(3,4)30-40(35,39-17-8-6-5-7-9-17)36-14-20-22(32)23(33)26(15-27,38-20)21-11-10-19-18(28)12-13-29-31(19)21/h5-13,16,20,22-23,32-33H,14,28H2,1-4H3,(H,30,35)/t20-,22-,23-,26+,40?/m1/s1. The largest absolute Gasteiger partial charge is 0.462 e. The highest BCUT2D eigenvalue weighted by Crippen LogP contribution is 2.48. The first kappa shape index (κ1) is 29.5. The maximum absolute atomic E-state index is 13.9. The zero-order valence-corrected chi connectivity index (χ0v) is 23.3. The quantitative estimate of drug-likeness (QED) is 0.205. The van der Waals surface area contributed by atoms with Crippen molar-refractivity contribution < 1.29 is 38.1 Å². The summed E-state index contributed by atoms with van der Waals surface area (Å²) < 4.78 is 37.8. The summed E-state index contributed by atoms with van der Waals surface area (Å²) in [6.07, 6.45) is -3.70. The first-order valence-corrected chi connectivity index (χ1v) is 14.0. The van der Waals surface area contributed by atoms with Gasteiger partial charge in [0.25, 0.3) is 0 Å². The Bertz CT molecular complexity index is 1460. The smallest absolute Gasteiger partial charge is 0.459 e. The minimum Gasteiger partial charge on any atom is -0.462 e. The van der Waals surface area contributed by atoms with E-state index in [1.807, 2.05) is 6.07 Å². The second-order valence-electron chi connectivity index (χ2n) is 10.1. The number of ether oxygens (including phenoxy) is 2. The molecule has 3 aromatic rings. The second kappa shape index (κ2) is 11.2. The van der Waals surface area contributed by atoms with Gasteiger partial charge in [-0.1, -0.05) is 18.2 Å². The zero-order chi connectivity index (χ0) is 29.3. The summed E-state index contributed by atoms with van der Waals surface area (Å²) in [6.45, 7) is 5.66. The molecule has 0 spiro atoms. The average Bonchev–Trinajstić information content (AvgIpc) is 3.43. The number of aromatic nitrogens is 2. The SMILES string of the molecule is CC(C)OC(=O)C(C)(C)NP(=O)(OC[C@H]1O[C@@](C#N)(c2ccc3c(N)ccnn23)[C@H](O)[C@@H]1O)Oc1ccccc1. The number of esters is 1. The van der Waals surface area contributed by atoms with Crippen LogP contribution in [0.1, 0.15) is 33.4 Å². The lowest BCUT2D eigenvalue weighted by Crippen LogP contribution is -2.48. The van der Waals surface area contributed by atoms with Gasteiger partial charge in [0.1, 0.15) is 35.7 Å². The number of carbonyl (C=O) groups is 1. The number of rotatable bonds is 10. The molecule has 0 saturated carbocycles. The fourth-order valence-corrected chi connectivity index (χ4v) is 5.94. The summed E-state index contributed by atoms with van der Waals surface area (Å²) >= 11 is 0. The fraction of sp³-hybridized carbons (Fsp3) is 0.423. The van der Waals surface area contributed by atoms with Gasteiger partial charge in [-0.25, -0.2) is 9.08 Å². The predicted molar refractivity (Wildman–Crippen MR) is 143 cm³/mol. The number of nitrogen functional groups attached to an aromatic ring is 1. The van der Waals surface area contributed by atoms with Crippen LogP contribution in [0.4, 0.5) is 5.69 Å². The van der Waals surface area contributed by atoms with Crippen LogP contribution in [0.15, 0.2) is 54.7 Å². The monoisotopic (exact) mass is 573 g/mol. The highest BCUT2D eigenvalue weighted by Gasteiger charge is 2.58. The summed E-state index contributed by atoms with van der Waals surface area (Å²) in [5, 5.41) is 38.8.